The average molecular weight is 465 g/mol. The molecule has 0 radical (unpaired) electrons. The number of nitrogens with zero attached hydrogens (tertiary/aromatic N) is 1. The van der Waals surface area contributed by atoms with Gasteiger partial charge in [-0.15, -0.1) is 0 Å². The van der Waals surface area contributed by atoms with Crippen LogP contribution in [0, 0.1) is 11.8 Å². The van der Waals surface area contributed by atoms with Crippen molar-refractivity contribution in [2.75, 3.05) is 19.7 Å². The van der Waals surface area contributed by atoms with Gasteiger partial charge in [0, 0.05) is 25.4 Å². The van der Waals surface area contributed by atoms with Gasteiger partial charge in [-0.25, -0.2) is 4.79 Å². The number of aliphatic carboxylic acids is 1. The van der Waals surface area contributed by atoms with Crippen molar-refractivity contribution >= 4 is 18.0 Å². The van der Waals surface area contributed by atoms with E-state index >= 15 is 0 Å². The molecule has 34 heavy (non-hydrogen) atoms. The standard InChI is InChI=1S/C27H32N2O5/c1-3-17(2)25(26(32)29-13-12-18(15-29)14-24(30)31)28-27(33)34-16-23-21-10-6-4-8-19(21)20-9-5-7-11-22(20)23/h4-11,17-18,23,25H,3,12-16H2,1-2H3,(H,28,33)(H,30,31)/t17?,18?,25-/m0/s1. The molecule has 2 N–H and O–H groups in total. The lowest BCUT2D eigenvalue weighted by Crippen LogP contribution is -2.51. The van der Waals surface area contributed by atoms with Crippen molar-refractivity contribution in [3.63, 3.8) is 0 Å². The molecule has 1 fully saturated rings. The number of ether oxygens (including phenoxy) is 1. The van der Waals surface area contributed by atoms with Gasteiger partial charge in [0.15, 0.2) is 0 Å². The molecule has 3 atom stereocenters. The molecule has 1 aliphatic carbocycles. The number of carbonyl (C=O) groups excluding carboxylic acids is 2. The lowest BCUT2D eigenvalue weighted by molar-refractivity contribution is -0.139. The molecule has 7 heteroatoms. The molecule has 0 saturated carbocycles. The second kappa shape index (κ2) is 10.3. The molecule has 2 aliphatic rings. The minimum Gasteiger partial charge on any atom is -0.481 e. The van der Waals surface area contributed by atoms with E-state index < -0.39 is 18.1 Å². The number of fused-ring (bicyclic) bond motifs is 3. The van der Waals surface area contributed by atoms with Crippen LogP contribution in [0.1, 0.15) is 50.2 Å². The second-order valence-corrected chi connectivity index (χ2v) is 9.37. The lowest BCUT2D eigenvalue weighted by Gasteiger charge is -2.28. The maximum atomic E-state index is 13.2. The zero-order chi connectivity index (χ0) is 24.2. The summed E-state index contributed by atoms with van der Waals surface area (Å²) in [4.78, 5) is 38.7. The Morgan fingerprint density at radius 1 is 1.09 bits per heavy atom. The zero-order valence-corrected chi connectivity index (χ0v) is 19.7. The fourth-order valence-corrected chi connectivity index (χ4v) is 5.09. The molecule has 0 bridgehead atoms. The van der Waals surface area contributed by atoms with Gasteiger partial charge in [0.05, 0.1) is 0 Å². The van der Waals surface area contributed by atoms with Gasteiger partial charge in [-0.2, -0.15) is 0 Å². The topological polar surface area (TPSA) is 95.9 Å². The Labute approximate surface area is 200 Å². The fourth-order valence-electron chi connectivity index (χ4n) is 5.09. The van der Waals surface area contributed by atoms with Crippen LogP contribution < -0.4 is 5.32 Å². The minimum absolute atomic E-state index is 0.0477. The second-order valence-electron chi connectivity index (χ2n) is 9.37. The van der Waals surface area contributed by atoms with Crippen molar-refractivity contribution < 1.29 is 24.2 Å². The lowest BCUT2D eigenvalue weighted by atomic mass is 9.97. The molecule has 180 valence electrons. The van der Waals surface area contributed by atoms with Crippen LogP contribution in [0.25, 0.3) is 11.1 Å². The number of amides is 2. The average Bonchev–Trinajstić information content (AvgIpc) is 3.42. The van der Waals surface area contributed by atoms with Gasteiger partial charge in [-0.3, -0.25) is 9.59 Å². The third-order valence-corrected chi connectivity index (χ3v) is 7.16. The maximum Gasteiger partial charge on any atom is 0.407 e. The van der Waals surface area contributed by atoms with E-state index in [2.05, 4.69) is 29.6 Å². The molecule has 2 unspecified atom stereocenters. The first-order valence-electron chi connectivity index (χ1n) is 12.0. The van der Waals surface area contributed by atoms with Crippen LogP contribution in [0.5, 0.6) is 0 Å². The Morgan fingerprint density at radius 3 is 2.29 bits per heavy atom. The van der Waals surface area contributed by atoms with Crippen molar-refractivity contribution in [3.8, 4) is 11.1 Å². The van der Waals surface area contributed by atoms with E-state index in [-0.39, 0.29) is 36.7 Å². The fraction of sp³-hybridized carbons (Fsp3) is 0.444. The number of carbonyl (C=O) groups is 3. The van der Waals surface area contributed by atoms with E-state index in [4.69, 9.17) is 9.84 Å². The summed E-state index contributed by atoms with van der Waals surface area (Å²) < 4.78 is 5.65. The van der Waals surface area contributed by atoms with E-state index in [1.807, 2.05) is 38.1 Å². The van der Waals surface area contributed by atoms with E-state index in [0.29, 0.717) is 25.9 Å². The Balaban J connectivity index is 1.40. The summed E-state index contributed by atoms with van der Waals surface area (Å²) in [5.74, 6) is -1.20. The number of alkyl carbamates (subject to hydrolysis) is 1. The number of hydrogen-bond donors (Lipinski definition) is 2. The quantitative estimate of drug-likeness (QED) is 0.609. The predicted molar refractivity (Wildman–Crippen MR) is 128 cm³/mol. The smallest absolute Gasteiger partial charge is 0.407 e. The number of benzene rings is 2. The molecule has 4 rings (SSSR count). The zero-order valence-electron chi connectivity index (χ0n) is 19.7. The monoisotopic (exact) mass is 464 g/mol. The summed E-state index contributed by atoms with van der Waals surface area (Å²) in [5.41, 5.74) is 4.58. The van der Waals surface area contributed by atoms with Crippen LogP contribution in [-0.2, 0) is 14.3 Å². The largest absolute Gasteiger partial charge is 0.481 e. The first-order chi connectivity index (χ1) is 16.4. The normalized spacial score (nSPS) is 18.6. The summed E-state index contributed by atoms with van der Waals surface area (Å²) in [7, 11) is 0. The van der Waals surface area contributed by atoms with Crippen molar-refractivity contribution in [3.05, 3.63) is 59.7 Å². The van der Waals surface area contributed by atoms with Crippen LogP contribution in [0.15, 0.2) is 48.5 Å². The SMILES string of the molecule is CCC(C)[C@H](NC(=O)OCC1c2ccccc2-c2ccccc21)C(=O)N1CCC(CC(=O)O)C1. The number of carboxylic acids is 1. The molecule has 1 aliphatic heterocycles. The van der Waals surface area contributed by atoms with Crippen LogP contribution in [-0.4, -0.2) is 53.7 Å². The maximum absolute atomic E-state index is 13.2. The first-order valence-corrected chi connectivity index (χ1v) is 12.0. The van der Waals surface area contributed by atoms with Gasteiger partial charge in [0.1, 0.15) is 12.6 Å². The van der Waals surface area contributed by atoms with Gasteiger partial charge in [0.25, 0.3) is 0 Å². The Bertz CT molecular complexity index is 1020. The van der Waals surface area contributed by atoms with Gasteiger partial charge in [-0.1, -0.05) is 68.8 Å². The molecule has 2 amide bonds. The highest BCUT2D eigenvalue weighted by Gasteiger charge is 2.35. The van der Waals surface area contributed by atoms with Gasteiger partial charge >= 0.3 is 12.1 Å². The van der Waals surface area contributed by atoms with Crippen molar-refractivity contribution in [2.24, 2.45) is 11.8 Å². The summed E-state index contributed by atoms with van der Waals surface area (Å²) >= 11 is 0. The van der Waals surface area contributed by atoms with Crippen LogP contribution >= 0.6 is 0 Å². The predicted octanol–water partition coefficient (Wildman–Crippen LogP) is 4.26. The first kappa shape index (κ1) is 23.8. The number of hydrogen-bond acceptors (Lipinski definition) is 4. The van der Waals surface area contributed by atoms with E-state index in [9.17, 15) is 14.4 Å². The van der Waals surface area contributed by atoms with Crippen LogP contribution in [0.2, 0.25) is 0 Å². The molecule has 2 aromatic carbocycles. The highest BCUT2D eigenvalue weighted by Crippen LogP contribution is 2.44. The molecule has 1 saturated heterocycles. The van der Waals surface area contributed by atoms with E-state index in [1.165, 1.54) is 0 Å². The van der Waals surface area contributed by atoms with E-state index in [1.54, 1.807) is 4.90 Å². The van der Waals surface area contributed by atoms with Gasteiger partial charge in [-0.05, 0) is 40.5 Å². The third kappa shape index (κ3) is 4.93. The molecular formula is C27H32N2O5. The third-order valence-electron chi connectivity index (χ3n) is 7.16. The summed E-state index contributed by atoms with van der Waals surface area (Å²) in [6, 6.07) is 15.6. The summed E-state index contributed by atoms with van der Waals surface area (Å²) in [6.07, 6.45) is 0.821. The van der Waals surface area contributed by atoms with Crippen molar-refractivity contribution in [2.45, 2.75) is 45.1 Å². The molecule has 1 heterocycles. The highest BCUT2D eigenvalue weighted by molar-refractivity contribution is 5.86. The molecule has 0 aromatic heterocycles. The van der Waals surface area contributed by atoms with Crippen molar-refractivity contribution in [1.82, 2.24) is 10.2 Å². The minimum atomic E-state index is -0.852. The van der Waals surface area contributed by atoms with Gasteiger partial charge < -0.3 is 20.1 Å². The Morgan fingerprint density at radius 2 is 1.71 bits per heavy atom. The molecule has 7 nitrogen and oxygen atoms in total. The Kier molecular flexibility index (Phi) is 7.20. The van der Waals surface area contributed by atoms with Crippen molar-refractivity contribution in [1.29, 1.82) is 0 Å². The summed E-state index contributed by atoms with van der Waals surface area (Å²) in [5, 5.41) is 11.9. The number of nitrogens with one attached hydrogen (secondary N) is 1. The highest BCUT2D eigenvalue weighted by atomic mass is 16.5. The van der Waals surface area contributed by atoms with E-state index in [0.717, 1.165) is 22.3 Å². The number of carboxylic acid groups (broad SMARTS) is 1. The summed E-state index contributed by atoms with van der Waals surface area (Å²) in [6.45, 7) is 5.00. The van der Waals surface area contributed by atoms with Crippen LogP contribution in [0.3, 0.4) is 0 Å². The molecule has 2 aromatic rings. The van der Waals surface area contributed by atoms with Crippen LogP contribution in [0.4, 0.5) is 4.79 Å². The molecule has 0 spiro atoms. The molecular weight excluding hydrogens is 432 g/mol. The Hall–Kier alpha value is -3.35. The number of likely N-dealkylation sites (tertiary alicyclic amines) is 1. The van der Waals surface area contributed by atoms with Gasteiger partial charge in [0.2, 0.25) is 5.91 Å². The number of rotatable bonds is 8.